The van der Waals surface area contributed by atoms with Gasteiger partial charge >= 0.3 is 0 Å². The number of benzene rings is 1. The van der Waals surface area contributed by atoms with Gasteiger partial charge in [-0.05, 0) is 26.3 Å². The second kappa shape index (κ2) is 6.86. The lowest BCUT2D eigenvalue weighted by atomic mass is 10.0. The number of nitrogens with two attached hydrogens (primary N) is 1. The average molecular weight is 290 g/mol. The number of hydrogen-bond donors (Lipinski definition) is 1. The Morgan fingerprint density at radius 2 is 2.05 bits per heavy atom. The van der Waals surface area contributed by atoms with Crippen molar-refractivity contribution in [3.8, 4) is 5.75 Å². The molecule has 1 atom stereocenters. The Labute approximate surface area is 124 Å². The second-order valence-corrected chi connectivity index (χ2v) is 6.03. The van der Waals surface area contributed by atoms with Crippen molar-refractivity contribution in [3.05, 3.63) is 45.4 Å². The van der Waals surface area contributed by atoms with E-state index >= 15 is 0 Å². The van der Waals surface area contributed by atoms with Crippen LogP contribution < -0.4 is 10.5 Å². The number of nitrogens with zero attached hydrogens (tertiary/aromatic N) is 1. The molecule has 0 saturated heterocycles. The van der Waals surface area contributed by atoms with E-state index in [4.69, 9.17) is 10.5 Å². The third kappa shape index (κ3) is 3.38. The molecule has 4 heteroatoms. The van der Waals surface area contributed by atoms with Gasteiger partial charge in [0.25, 0.3) is 0 Å². The smallest absolute Gasteiger partial charge is 0.124 e. The van der Waals surface area contributed by atoms with Gasteiger partial charge in [-0.15, -0.1) is 11.3 Å². The average Bonchev–Trinajstić information content (AvgIpc) is 2.79. The van der Waals surface area contributed by atoms with Crippen molar-refractivity contribution in [3.63, 3.8) is 0 Å². The summed E-state index contributed by atoms with van der Waals surface area (Å²) >= 11 is 1.75. The van der Waals surface area contributed by atoms with Crippen LogP contribution in [0.25, 0.3) is 0 Å². The number of hydrogen-bond acceptors (Lipinski definition) is 4. The molecule has 0 aliphatic carbocycles. The normalized spacial score (nSPS) is 12.4. The third-order valence-corrected chi connectivity index (χ3v) is 4.32. The van der Waals surface area contributed by atoms with Gasteiger partial charge in [0.15, 0.2) is 0 Å². The molecule has 20 heavy (non-hydrogen) atoms. The highest BCUT2D eigenvalue weighted by molar-refractivity contribution is 7.11. The van der Waals surface area contributed by atoms with E-state index in [1.165, 1.54) is 10.6 Å². The fourth-order valence-electron chi connectivity index (χ4n) is 2.27. The second-order valence-electron chi connectivity index (χ2n) is 4.75. The van der Waals surface area contributed by atoms with E-state index in [0.29, 0.717) is 6.61 Å². The molecule has 0 aliphatic rings. The van der Waals surface area contributed by atoms with Gasteiger partial charge in [-0.1, -0.05) is 25.1 Å². The van der Waals surface area contributed by atoms with Crippen molar-refractivity contribution in [2.75, 3.05) is 6.61 Å². The molecule has 108 valence electrons. The Bertz CT molecular complexity index is 565. The lowest BCUT2D eigenvalue weighted by Gasteiger charge is -2.15. The van der Waals surface area contributed by atoms with E-state index in [0.717, 1.165) is 29.2 Å². The Hall–Kier alpha value is -1.39. The summed E-state index contributed by atoms with van der Waals surface area (Å²) in [5, 5.41) is 1.11. The molecule has 2 rings (SSSR count). The van der Waals surface area contributed by atoms with Crippen LogP contribution in [0.2, 0.25) is 0 Å². The number of aryl methyl sites for hydroxylation is 2. The highest BCUT2D eigenvalue weighted by atomic mass is 32.1. The summed E-state index contributed by atoms with van der Waals surface area (Å²) in [6, 6.07) is 7.92. The SMILES string of the molecule is CCOc1ccccc1C(N)Cc1nc(CC)c(C)s1. The molecular weight excluding hydrogens is 268 g/mol. The van der Waals surface area contributed by atoms with E-state index in [1.54, 1.807) is 11.3 Å². The fraction of sp³-hybridized carbons (Fsp3) is 0.438. The zero-order valence-corrected chi connectivity index (χ0v) is 13.2. The predicted octanol–water partition coefficient (Wildman–Crippen LogP) is 3.66. The van der Waals surface area contributed by atoms with E-state index < -0.39 is 0 Å². The van der Waals surface area contributed by atoms with Crippen LogP contribution in [-0.4, -0.2) is 11.6 Å². The molecule has 0 aliphatic heterocycles. The highest BCUT2D eigenvalue weighted by Gasteiger charge is 2.15. The zero-order chi connectivity index (χ0) is 14.5. The van der Waals surface area contributed by atoms with Gasteiger partial charge in [0.1, 0.15) is 5.75 Å². The summed E-state index contributed by atoms with van der Waals surface area (Å²) in [5.41, 5.74) is 8.59. The molecule has 1 heterocycles. The van der Waals surface area contributed by atoms with Gasteiger partial charge in [-0.2, -0.15) is 0 Å². The molecular formula is C16H22N2OS. The summed E-state index contributed by atoms with van der Waals surface area (Å²) in [6.07, 6.45) is 1.74. The first-order valence-electron chi connectivity index (χ1n) is 7.08. The fourth-order valence-corrected chi connectivity index (χ4v) is 3.35. The van der Waals surface area contributed by atoms with Crippen LogP contribution in [0.15, 0.2) is 24.3 Å². The van der Waals surface area contributed by atoms with Crippen molar-refractivity contribution in [1.82, 2.24) is 4.98 Å². The van der Waals surface area contributed by atoms with Gasteiger partial charge in [0.2, 0.25) is 0 Å². The highest BCUT2D eigenvalue weighted by Crippen LogP contribution is 2.28. The van der Waals surface area contributed by atoms with Crippen LogP contribution in [0.5, 0.6) is 5.75 Å². The molecule has 0 bridgehead atoms. The minimum Gasteiger partial charge on any atom is -0.494 e. The van der Waals surface area contributed by atoms with Crippen LogP contribution in [0.4, 0.5) is 0 Å². The van der Waals surface area contributed by atoms with Crippen LogP contribution in [0.3, 0.4) is 0 Å². The van der Waals surface area contributed by atoms with Crippen molar-refractivity contribution in [2.45, 2.75) is 39.7 Å². The standard InChI is InChI=1S/C16H22N2OS/c1-4-14-11(3)20-16(18-14)10-13(17)12-8-6-7-9-15(12)19-5-2/h6-9,13H,4-5,10,17H2,1-3H3. The number of para-hydroxylation sites is 1. The summed E-state index contributed by atoms with van der Waals surface area (Å²) in [5.74, 6) is 0.881. The van der Waals surface area contributed by atoms with Gasteiger partial charge < -0.3 is 10.5 Å². The van der Waals surface area contributed by atoms with E-state index in [1.807, 2.05) is 31.2 Å². The van der Waals surface area contributed by atoms with Crippen molar-refractivity contribution >= 4 is 11.3 Å². The summed E-state index contributed by atoms with van der Waals surface area (Å²) in [6.45, 7) is 6.90. The Kier molecular flexibility index (Phi) is 5.15. The van der Waals surface area contributed by atoms with E-state index in [2.05, 4.69) is 18.8 Å². The van der Waals surface area contributed by atoms with E-state index in [9.17, 15) is 0 Å². The van der Waals surface area contributed by atoms with Crippen molar-refractivity contribution < 1.29 is 4.74 Å². The first kappa shape index (κ1) is 15.0. The minimum absolute atomic E-state index is 0.0759. The lowest BCUT2D eigenvalue weighted by Crippen LogP contribution is -2.14. The number of ether oxygens (including phenoxy) is 1. The molecule has 2 N–H and O–H groups in total. The maximum atomic E-state index is 6.35. The molecule has 0 spiro atoms. The molecule has 1 aromatic carbocycles. The molecule has 1 aromatic heterocycles. The molecule has 0 fully saturated rings. The number of thiazole rings is 1. The van der Waals surface area contributed by atoms with Gasteiger partial charge in [-0.3, -0.25) is 0 Å². The Morgan fingerprint density at radius 3 is 2.70 bits per heavy atom. The van der Waals surface area contributed by atoms with Crippen LogP contribution in [0, 0.1) is 6.92 Å². The number of aromatic nitrogens is 1. The van der Waals surface area contributed by atoms with Gasteiger partial charge in [0.05, 0.1) is 17.3 Å². The largest absolute Gasteiger partial charge is 0.494 e. The first-order valence-corrected chi connectivity index (χ1v) is 7.89. The quantitative estimate of drug-likeness (QED) is 0.883. The van der Waals surface area contributed by atoms with E-state index in [-0.39, 0.29) is 6.04 Å². The van der Waals surface area contributed by atoms with Gasteiger partial charge in [-0.25, -0.2) is 4.98 Å². The summed E-state index contributed by atoms with van der Waals surface area (Å²) < 4.78 is 5.65. The van der Waals surface area contributed by atoms with Crippen LogP contribution in [-0.2, 0) is 12.8 Å². The molecule has 3 nitrogen and oxygen atoms in total. The summed E-state index contributed by atoms with van der Waals surface area (Å²) in [7, 11) is 0. The molecule has 1 unspecified atom stereocenters. The summed E-state index contributed by atoms with van der Waals surface area (Å²) in [4.78, 5) is 5.97. The molecule has 0 amide bonds. The van der Waals surface area contributed by atoms with Crippen LogP contribution >= 0.6 is 11.3 Å². The monoisotopic (exact) mass is 290 g/mol. The Balaban J connectivity index is 2.16. The topological polar surface area (TPSA) is 48.1 Å². The molecule has 2 aromatic rings. The maximum absolute atomic E-state index is 6.35. The third-order valence-electron chi connectivity index (χ3n) is 3.28. The minimum atomic E-state index is -0.0759. The first-order chi connectivity index (χ1) is 9.65. The molecule has 0 saturated carbocycles. The lowest BCUT2D eigenvalue weighted by molar-refractivity contribution is 0.334. The van der Waals surface area contributed by atoms with Crippen molar-refractivity contribution in [2.24, 2.45) is 5.73 Å². The van der Waals surface area contributed by atoms with Gasteiger partial charge in [0, 0.05) is 22.9 Å². The maximum Gasteiger partial charge on any atom is 0.124 e. The zero-order valence-electron chi connectivity index (χ0n) is 12.3. The van der Waals surface area contributed by atoms with Crippen LogP contribution in [0.1, 0.15) is 41.0 Å². The molecule has 0 radical (unpaired) electrons. The Morgan fingerprint density at radius 1 is 1.30 bits per heavy atom. The number of rotatable bonds is 6. The van der Waals surface area contributed by atoms with Crippen molar-refractivity contribution in [1.29, 1.82) is 0 Å². The predicted molar refractivity (Wildman–Crippen MR) is 84.5 cm³/mol.